The summed E-state index contributed by atoms with van der Waals surface area (Å²) in [6.45, 7) is 0.645. The van der Waals surface area contributed by atoms with E-state index in [9.17, 15) is 15.0 Å². The number of aliphatic hydroxyl groups is 4. The third kappa shape index (κ3) is 4.42. The molecule has 0 heterocycles. The Morgan fingerprint density at radius 1 is 1.25 bits per heavy atom. The van der Waals surface area contributed by atoms with Crippen molar-refractivity contribution in [3.8, 4) is 0 Å². The number of rotatable bonds is 7. The van der Waals surface area contributed by atoms with Crippen molar-refractivity contribution in [2.75, 3.05) is 20.2 Å². The first-order valence-corrected chi connectivity index (χ1v) is 4.89. The van der Waals surface area contributed by atoms with Gasteiger partial charge in [-0.25, -0.2) is 0 Å². The molecule has 0 fully saturated rings. The summed E-state index contributed by atoms with van der Waals surface area (Å²) in [4.78, 5) is 11.9. The van der Waals surface area contributed by atoms with E-state index in [4.69, 9.17) is 15.3 Å². The molecule has 0 aliphatic rings. The van der Waals surface area contributed by atoms with Crippen molar-refractivity contribution in [1.29, 1.82) is 0 Å². The van der Waals surface area contributed by atoms with Crippen LogP contribution in [-0.4, -0.2) is 81.0 Å². The Hall–Kier alpha value is -0.730. The lowest BCUT2D eigenvalue weighted by molar-refractivity contribution is -0.143. The summed E-state index contributed by atoms with van der Waals surface area (Å²) in [7, 11) is 1.47. The Balaban J connectivity index is 4.22. The summed E-state index contributed by atoms with van der Waals surface area (Å²) in [5, 5.41) is 45.1. The first-order valence-electron chi connectivity index (χ1n) is 4.89. The molecule has 0 spiro atoms. The summed E-state index contributed by atoms with van der Waals surface area (Å²) >= 11 is 0. The number of hydrogen-bond donors (Lipinski definition) is 5. The molecule has 7 heteroatoms. The van der Waals surface area contributed by atoms with Crippen LogP contribution in [0.4, 0.5) is 0 Å². The average molecular weight is 237 g/mol. The van der Waals surface area contributed by atoms with E-state index in [-0.39, 0.29) is 6.54 Å². The molecule has 4 atom stereocenters. The summed E-state index contributed by atoms with van der Waals surface area (Å²) in [5.41, 5.74) is 0. The van der Waals surface area contributed by atoms with Crippen LogP contribution in [0, 0.1) is 0 Å². The second-order valence-electron chi connectivity index (χ2n) is 3.76. The van der Waals surface area contributed by atoms with Gasteiger partial charge in [0, 0.05) is 6.54 Å². The fourth-order valence-electron chi connectivity index (χ4n) is 1.11. The van der Waals surface area contributed by atoms with Gasteiger partial charge in [0.05, 0.1) is 12.7 Å². The van der Waals surface area contributed by atoms with Crippen LogP contribution in [0.15, 0.2) is 0 Å². The quantitative estimate of drug-likeness (QED) is 0.331. The maximum absolute atomic E-state index is 10.6. The van der Waals surface area contributed by atoms with E-state index in [0.29, 0.717) is 0 Å². The van der Waals surface area contributed by atoms with Gasteiger partial charge in [0.15, 0.2) is 0 Å². The number of carbonyl (C=O) groups is 1. The fourth-order valence-corrected chi connectivity index (χ4v) is 1.11. The van der Waals surface area contributed by atoms with E-state index in [2.05, 4.69) is 0 Å². The highest BCUT2D eigenvalue weighted by Crippen LogP contribution is 2.04. The maximum atomic E-state index is 10.6. The zero-order valence-electron chi connectivity index (χ0n) is 9.32. The average Bonchev–Trinajstić information content (AvgIpc) is 2.25. The third-order valence-electron chi connectivity index (χ3n) is 2.47. The van der Waals surface area contributed by atoms with E-state index in [1.165, 1.54) is 18.9 Å². The normalized spacial score (nSPS) is 19.2. The summed E-state index contributed by atoms with van der Waals surface area (Å²) in [5.74, 6) is -1.05. The molecule has 5 N–H and O–H groups in total. The second-order valence-corrected chi connectivity index (χ2v) is 3.76. The van der Waals surface area contributed by atoms with Gasteiger partial charge in [0.1, 0.15) is 18.2 Å². The van der Waals surface area contributed by atoms with Crippen LogP contribution in [0.1, 0.15) is 6.92 Å². The van der Waals surface area contributed by atoms with Crippen molar-refractivity contribution in [2.24, 2.45) is 0 Å². The Morgan fingerprint density at radius 3 is 2.12 bits per heavy atom. The van der Waals surface area contributed by atoms with E-state index < -0.39 is 36.9 Å². The SMILES string of the molecule is CC(C(=O)O)N(C)CC(O)C(O)C(O)CO. The lowest BCUT2D eigenvalue weighted by Crippen LogP contribution is -2.48. The zero-order valence-corrected chi connectivity index (χ0v) is 9.32. The lowest BCUT2D eigenvalue weighted by Gasteiger charge is -2.28. The largest absolute Gasteiger partial charge is 0.480 e. The lowest BCUT2D eigenvalue weighted by atomic mass is 10.1. The number of likely N-dealkylation sites (N-methyl/N-ethyl adjacent to an activating group) is 1. The molecule has 0 rings (SSSR count). The molecule has 0 radical (unpaired) electrons. The predicted molar refractivity (Wildman–Crippen MR) is 54.8 cm³/mol. The number of aliphatic carboxylic acids is 1. The molecule has 16 heavy (non-hydrogen) atoms. The van der Waals surface area contributed by atoms with Crippen molar-refractivity contribution >= 4 is 5.97 Å². The molecule has 0 aliphatic heterocycles. The van der Waals surface area contributed by atoms with Crippen LogP contribution in [0.2, 0.25) is 0 Å². The number of carboxylic acids is 1. The van der Waals surface area contributed by atoms with Gasteiger partial charge in [-0.1, -0.05) is 0 Å². The number of hydrogen-bond acceptors (Lipinski definition) is 6. The van der Waals surface area contributed by atoms with Crippen molar-refractivity contribution in [1.82, 2.24) is 4.90 Å². The Morgan fingerprint density at radius 2 is 1.75 bits per heavy atom. The van der Waals surface area contributed by atoms with Crippen molar-refractivity contribution < 1.29 is 30.3 Å². The van der Waals surface area contributed by atoms with Crippen LogP contribution in [0.25, 0.3) is 0 Å². The van der Waals surface area contributed by atoms with Crippen LogP contribution in [-0.2, 0) is 4.79 Å². The van der Waals surface area contributed by atoms with Crippen LogP contribution < -0.4 is 0 Å². The minimum Gasteiger partial charge on any atom is -0.480 e. The van der Waals surface area contributed by atoms with Gasteiger partial charge in [-0.05, 0) is 14.0 Å². The highest BCUT2D eigenvalue weighted by molar-refractivity contribution is 5.72. The van der Waals surface area contributed by atoms with E-state index >= 15 is 0 Å². The Kier molecular flexibility index (Phi) is 6.46. The van der Waals surface area contributed by atoms with Gasteiger partial charge in [0.25, 0.3) is 0 Å². The van der Waals surface area contributed by atoms with Crippen molar-refractivity contribution in [2.45, 2.75) is 31.3 Å². The molecule has 0 amide bonds. The van der Waals surface area contributed by atoms with Crippen LogP contribution in [0.5, 0.6) is 0 Å². The van der Waals surface area contributed by atoms with Gasteiger partial charge in [-0.3, -0.25) is 9.69 Å². The van der Waals surface area contributed by atoms with Gasteiger partial charge in [-0.15, -0.1) is 0 Å². The van der Waals surface area contributed by atoms with E-state index in [1.54, 1.807) is 0 Å². The molecular weight excluding hydrogens is 218 g/mol. The molecule has 0 aromatic heterocycles. The molecule has 0 saturated carbocycles. The maximum Gasteiger partial charge on any atom is 0.320 e. The van der Waals surface area contributed by atoms with Gasteiger partial charge >= 0.3 is 5.97 Å². The van der Waals surface area contributed by atoms with E-state index in [0.717, 1.165) is 0 Å². The molecule has 0 bridgehead atoms. The third-order valence-corrected chi connectivity index (χ3v) is 2.47. The minimum atomic E-state index is -1.51. The number of nitrogens with zero attached hydrogens (tertiary/aromatic N) is 1. The highest BCUT2D eigenvalue weighted by Gasteiger charge is 2.27. The molecule has 7 nitrogen and oxygen atoms in total. The van der Waals surface area contributed by atoms with Crippen LogP contribution >= 0.6 is 0 Å². The van der Waals surface area contributed by atoms with Gasteiger partial charge in [0.2, 0.25) is 0 Å². The van der Waals surface area contributed by atoms with Crippen LogP contribution in [0.3, 0.4) is 0 Å². The highest BCUT2D eigenvalue weighted by atomic mass is 16.4. The first kappa shape index (κ1) is 15.3. The minimum absolute atomic E-state index is 0.119. The molecule has 0 aromatic carbocycles. The number of carboxylic acid groups (broad SMARTS) is 1. The summed E-state index contributed by atoms with van der Waals surface area (Å²) in [6.07, 6.45) is -4.27. The van der Waals surface area contributed by atoms with Crippen molar-refractivity contribution in [3.63, 3.8) is 0 Å². The van der Waals surface area contributed by atoms with E-state index in [1.807, 2.05) is 0 Å². The summed E-state index contributed by atoms with van der Waals surface area (Å²) < 4.78 is 0. The second kappa shape index (κ2) is 6.77. The zero-order chi connectivity index (χ0) is 12.9. The monoisotopic (exact) mass is 237 g/mol. The topological polar surface area (TPSA) is 121 Å². The summed E-state index contributed by atoms with van der Waals surface area (Å²) in [6, 6.07) is -0.812. The smallest absolute Gasteiger partial charge is 0.320 e. The number of aliphatic hydroxyl groups excluding tert-OH is 4. The molecule has 4 unspecified atom stereocenters. The van der Waals surface area contributed by atoms with Gasteiger partial charge < -0.3 is 25.5 Å². The Labute approximate surface area is 93.6 Å². The van der Waals surface area contributed by atoms with Gasteiger partial charge in [-0.2, -0.15) is 0 Å². The standard InChI is InChI=1S/C9H19NO6/c1-5(9(15)16)10(2)3-6(12)8(14)7(13)4-11/h5-8,11-14H,3-4H2,1-2H3,(H,15,16). The molecule has 0 saturated heterocycles. The Bertz CT molecular complexity index is 224. The molecular formula is C9H19NO6. The molecule has 96 valence electrons. The fraction of sp³-hybridized carbons (Fsp3) is 0.889. The molecule has 0 aromatic rings. The predicted octanol–water partition coefficient (Wildman–Crippen LogP) is -2.53. The molecule has 0 aliphatic carbocycles. The van der Waals surface area contributed by atoms with Crippen molar-refractivity contribution in [3.05, 3.63) is 0 Å². The first-order chi connectivity index (χ1) is 7.31.